The third-order valence-electron chi connectivity index (χ3n) is 5.17. The molecule has 5 rings (SSSR count). The van der Waals surface area contributed by atoms with E-state index >= 15 is 0 Å². The largest absolute Gasteiger partial charge is 0.489 e. The van der Waals surface area contributed by atoms with Crippen molar-refractivity contribution in [3.8, 4) is 5.75 Å². The summed E-state index contributed by atoms with van der Waals surface area (Å²) >= 11 is 1.29. The fourth-order valence-corrected chi connectivity index (χ4v) is 4.30. The van der Waals surface area contributed by atoms with Crippen molar-refractivity contribution >= 4 is 39.8 Å². The maximum absolute atomic E-state index is 12.7. The number of carbonyl (C=O) groups excluding carboxylic acids is 1. The number of amides is 1. The van der Waals surface area contributed by atoms with E-state index < -0.39 is 5.91 Å². The van der Waals surface area contributed by atoms with E-state index in [4.69, 9.17) is 10.1 Å². The van der Waals surface area contributed by atoms with E-state index in [0.29, 0.717) is 22.6 Å². The first-order valence-corrected chi connectivity index (χ1v) is 11.2. The van der Waals surface area contributed by atoms with Gasteiger partial charge in [0.25, 0.3) is 5.91 Å². The van der Waals surface area contributed by atoms with Crippen LogP contribution in [0.4, 0.5) is 0 Å². The number of fused-ring (bicyclic) bond motifs is 1. The predicted octanol–water partition coefficient (Wildman–Crippen LogP) is 5.24. The highest BCUT2D eigenvalue weighted by Gasteiger charge is 2.36. The number of nitrogens with zero attached hydrogens (tertiary/aromatic N) is 3. The number of ether oxygens (including phenoxy) is 1. The molecule has 3 aromatic carbocycles. The Balaban J connectivity index is 1.37. The predicted molar refractivity (Wildman–Crippen MR) is 133 cm³/mol. The minimum atomic E-state index is -0.449. The van der Waals surface area contributed by atoms with Crippen molar-refractivity contribution in [1.82, 2.24) is 5.01 Å². The number of hydrogen-bond donors (Lipinski definition) is 1. The number of nitrogens with one attached hydrogen (secondary N) is 1. The van der Waals surface area contributed by atoms with Crippen molar-refractivity contribution in [2.45, 2.75) is 13.5 Å². The molecule has 0 saturated carbocycles. The summed E-state index contributed by atoms with van der Waals surface area (Å²) in [6.07, 6.45) is 1.66. The number of amidine groups is 2. The van der Waals surface area contributed by atoms with Crippen LogP contribution in [0.15, 0.2) is 94.5 Å². The lowest BCUT2D eigenvalue weighted by atomic mass is 10.1. The molecule has 0 radical (unpaired) electrons. The number of carbonyl (C=O) groups is 1. The summed E-state index contributed by atoms with van der Waals surface area (Å²) in [5, 5.41) is 15.7. The van der Waals surface area contributed by atoms with Crippen LogP contribution in [0.3, 0.4) is 0 Å². The monoisotopic (exact) mass is 452 g/mol. The van der Waals surface area contributed by atoms with E-state index in [9.17, 15) is 4.79 Å². The van der Waals surface area contributed by atoms with Crippen molar-refractivity contribution in [3.05, 3.63) is 107 Å². The second-order valence-corrected chi connectivity index (χ2v) is 8.59. The Bertz CT molecular complexity index is 1330. The topological polar surface area (TPSA) is 78.1 Å². The van der Waals surface area contributed by atoms with Gasteiger partial charge in [-0.15, -0.1) is 0 Å². The molecule has 162 valence electrons. The fourth-order valence-electron chi connectivity index (χ4n) is 3.41. The van der Waals surface area contributed by atoms with Crippen LogP contribution in [0.5, 0.6) is 5.75 Å². The number of aryl methyl sites for hydroxylation is 1. The van der Waals surface area contributed by atoms with Crippen LogP contribution in [-0.2, 0) is 11.4 Å². The second-order valence-electron chi connectivity index (χ2n) is 7.64. The molecule has 33 heavy (non-hydrogen) atoms. The van der Waals surface area contributed by atoms with Gasteiger partial charge in [0.15, 0.2) is 5.84 Å². The number of benzene rings is 3. The Kier molecular flexibility index (Phi) is 5.62. The number of thioether (sulfide) groups is 1. The fraction of sp³-hybridized carbons (Fsp3) is 0.0769. The van der Waals surface area contributed by atoms with Gasteiger partial charge in [-0.2, -0.15) is 15.1 Å². The van der Waals surface area contributed by atoms with Crippen molar-refractivity contribution in [2.24, 2.45) is 10.1 Å². The maximum atomic E-state index is 12.7. The van der Waals surface area contributed by atoms with Crippen LogP contribution in [0.25, 0.3) is 6.08 Å². The minimum Gasteiger partial charge on any atom is -0.489 e. The summed E-state index contributed by atoms with van der Waals surface area (Å²) < 4.78 is 5.89. The molecule has 1 amide bonds. The molecule has 6 nitrogen and oxygen atoms in total. The van der Waals surface area contributed by atoms with Crippen LogP contribution < -0.4 is 4.74 Å². The zero-order valence-electron chi connectivity index (χ0n) is 17.9. The molecule has 1 N–H and O–H groups in total. The third kappa shape index (κ3) is 4.49. The van der Waals surface area contributed by atoms with E-state index in [2.05, 4.69) is 10.1 Å². The van der Waals surface area contributed by atoms with Crippen LogP contribution >= 0.6 is 11.8 Å². The van der Waals surface area contributed by atoms with Crippen molar-refractivity contribution in [2.75, 3.05) is 0 Å². The molecule has 0 fully saturated rings. The minimum absolute atomic E-state index is 0.00946. The molecule has 2 aliphatic rings. The maximum Gasteiger partial charge on any atom is 0.283 e. The number of rotatable bonds is 5. The molecular formula is C26H20N4O2S. The van der Waals surface area contributed by atoms with Gasteiger partial charge in [-0.3, -0.25) is 10.2 Å². The van der Waals surface area contributed by atoms with Gasteiger partial charge in [0.05, 0.1) is 5.57 Å². The van der Waals surface area contributed by atoms with Crippen molar-refractivity contribution in [3.63, 3.8) is 0 Å². The van der Waals surface area contributed by atoms with Gasteiger partial charge >= 0.3 is 0 Å². The lowest BCUT2D eigenvalue weighted by Crippen LogP contribution is -2.35. The Hall–Kier alpha value is -3.97. The lowest BCUT2D eigenvalue weighted by Gasteiger charge is -2.20. The summed E-state index contributed by atoms with van der Waals surface area (Å²) in [5.74, 6) is 0.244. The van der Waals surface area contributed by atoms with Gasteiger partial charge in [0.2, 0.25) is 5.17 Å². The molecule has 0 aliphatic carbocycles. The molecular weight excluding hydrogens is 432 g/mol. The highest BCUT2D eigenvalue weighted by molar-refractivity contribution is 8.27. The van der Waals surface area contributed by atoms with Crippen molar-refractivity contribution < 1.29 is 9.53 Å². The van der Waals surface area contributed by atoms with E-state index in [-0.39, 0.29) is 11.4 Å². The van der Waals surface area contributed by atoms with Gasteiger partial charge in [-0.05, 0) is 48.0 Å². The standard InChI is InChI=1S/C26H20N4O2S/c1-17-10-12-20(13-11-17)25-29-30-23(27)22(24(31)28-26(30)33-25)15-19-8-5-9-21(14-19)32-16-18-6-3-2-4-7-18/h2-15,27H,16H2,1H3. The van der Waals surface area contributed by atoms with Gasteiger partial charge in [-0.1, -0.05) is 72.3 Å². The Morgan fingerprint density at radius 3 is 2.61 bits per heavy atom. The van der Waals surface area contributed by atoms with Crippen molar-refractivity contribution in [1.29, 1.82) is 5.41 Å². The lowest BCUT2D eigenvalue weighted by molar-refractivity contribution is -0.114. The first-order valence-electron chi connectivity index (χ1n) is 10.4. The van der Waals surface area contributed by atoms with E-state index in [1.807, 2.05) is 85.8 Å². The normalized spacial score (nSPS) is 16.5. The molecule has 7 heteroatoms. The zero-order valence-corrected chi connectivity index (χ0v) is 18.7. The van der Waals surface area contributed by atoms with E-state index in [1.54, 1.807) is 6.08 Å². The Labute approximate surface area is 195 Å². The Morgan fingerprint density at radius 1 is 1.03 bits per heavy atom. The van der Waals surface area contributed by atoms with Gasteiger partial charge < -0.3 is 4.74 Å². The molecule has 2 aliphatic heterocycles. The van der Waals surface area contributed by atoms with Crippen LogP contribution in [-0.4, -0.2) is 27.0 Å². The highest BCUT2D eigenvalue weighted by Crippen LogP contribution is 2.31. The average molecular weight is 453 g/mol. The molecule has 2 heterocycles. The quantitative estimate of drug-likeness (QED) is 0.537. The number of hydrogen-bond acceptors (Lipinski definition) is 5. The molecule has 0 aromatic heterocycles. The van der Waals surface area contributed by atoms with E-state index in [1.165, 1.54) is 16.8 Å². The average Bonchev–Trinajstić information content (AvgIpc) is 3.26. The summed E-state index contributed by atoms with van der Waals surface area (Å²) in [6, 6.07) is 25.3. The highest BCUT2D eigenvalue weighted by atomic mass is 32.2. The molecule has 0 unspecified atom stereocenters. The van der Waals surface area contributed by atoms with Gasteiger partial charge in [0, 0.05) is 5.56 Å². The molecule has 0 atom stereocenters. The van der Waals surface area contributed by atoms with Crippen LogP contribution in [0.2, 0.25) is 0 Å². The summed E-state index contributed by atoms with van der Waals surface area (Å²) in [4.78, 5) is 16.9. The van der Waals surface area contributed by atoms with Crippen LogP contribution in [0.1, 0.15) is 22.3 Å². The zero-order chi connectivity index (χ0) is 22.8. The summed E-state index contributed by atoms with van der Waals surface area (Å²) in [6.45, 7) is 2.47. The Morgan fingerprint density at radius 2 is 1.82 bits per heavy atom. The third-order valence-corrected chi connectivity index (χ3v) is 6.13. The summed E-state index contributed by atoms with van der Waals surface area (Å²) in [5.41, 5.74) is 4.09. The molecule has 0 bridgehead atoms. The first-order chi connectivity index (χ1) is 16.1. The molecule has 3 aromatic rings. The number of aliphatic imine (C=N–C) groups is 1. The van der Waals surface area contributed by atoms with Gasteiger partial charge in [-0.25, -0.2) is 0 Å². The summed E-state index contributed by atoms with van der Waals surface area (Å²) in [7, 11) is 0. The first kappa shape index (κ1) is 20.9. The van der Waals surface area contributed by atoms with Gasteiger partial charge in [0.1, 0.15) is 17.4 Å². The molecule has 0 spiro atoms. The second kappa shape index (κ2) is 8.88. The van der Waals surface area contributed by atoms with E-state index in [0.717, 1.165) is 22.3 Å². The SMILES string of the molecule is Cc1ccc(C2=NN3C(=N)C(=Cc4cccc(OCc5ccccc5)c4)C(=O)N=C3S2)cc1. The number of hydrazone groups is 1. The molecule has 0 saturated heterocycles. The smallest absolute Gasteiger partial charge is 0.283 e. The van der Waals surface area contributed by atoms with Crippen LogP contribution in [0, 0.1) is 12.3 Å².